The van der Waals surface area contributed by atoms with Crippen molar-refractivity contribution in [2.45, 2.75) is 47.0 Å². The summed E-state index contributed by atoms with van der Waals surface area (Å²) >= 11 is 0. The largest absolute Gasteiger partial charge is 0.466 e. The normalized spacial score (nSPS) is 25.4. The molecule has 0 saturated heterocycles. The molecule has 2 atom stereocenters. The smallest absolute Gasteiger partial charge is 0.306 e. The zero-order valence-corrected chi connectivity index (χ0v) is 11.0. The number of hydrogen-bond acceptors (Lipinski definition) is 2. The third-order valence-corrected chi connectivity index (χ3v) is 3.63. The second-order valence-corrected chi connectivity index (χ2v) is 5.13. The van der Waals surface area contributed by atoms with Gasteiger partial charge in [-0.3, -0.25) is 4.79 Å². The van der Waals surface area contributed by atoms with E-state index in [9.17, 15) is 4.79 Å². The van der Waals surface area contributed by atoms with Crippen LogP contribution >= 0.6 is 0 Å². The molecule has 0 aromatic carbocycles. The van der Waals surface area contributed by atoms with Gasteiger partial charge in [-0.2, -0.15) is 0 Å². The van der Waals surface area contributed by atoms with E-state index in [-0.39, 0.29) is 5.97 Å². The highest BCUT2D eigenvalue weighted by Gasteiger charge is 2.26. The van der Waals surface area contributed by atoms with E-state index < -0.39 is 0 Å². The summed E-state index contributed by atoms with van der Waals surface area (Å²) < 4.78 is 5.02. The van der Waals surface area contributed by atoms with Crippen LogP contribution in [0, 0.1) is 17.8 Å². The number of carbonyl (C=O) groups excluding carboxylic acids is 1. The Kier molecular flexibility index (Phi) is 5.04. The monoisotopic (exact) mass is 224 g/mol. The van der Waals surface area contributed by atoms with Crippen molar-refractivity contribution in [2.75, 3.05) is 6.61 Å². The van der Waals surface area contributed by atoms with Crippen LogP contribution in [0.2, 0.25) is 0 Å². The Labute approximate surface area is 99.1 Å². The predicted molar refractivity (Wildman–Crippen MR) is 66.1 cm³/mol. The Morgan fingerprint density at radius 3 is 2.81 bits per heavy atom. The second kappa shape index (κ2) is 6.07. The van der Waals surface area contributed by atoms with Crippen LogP contribution < -0.4 is 0 Å². The van der Waals surface area contributed by atoms with Crippen molar-refractivity contribution >= 4 is 5.97 Å². The van der Waals surface area contributed by atoms with Gasteiger partial charge >= 0.3 is 5.97 Å². The molecule has 1 rings (SSSR count). The summed E-state index contributed by atoms with van der Waals surface area (Å²) in [5.41, 5.74) is 1.37. The van der Waals surface area contributed by atoms with E-state index in [2.05, 4.69) is 26.8 Å². The van der Waals surface area contributed by atoms with Crippen LogP contribution in [0.5, 0.6) is 0 Å². The summed E-state index contributed by atoms with van der Waals surface area (Å²) in [4.78, 5) is 11.5. The summed E-state index contributed by atoms with van der Waals surface area (Å²) in [6, 6.07) is 0. The number of ether oxygens (including phenoxy) is 1. The predicted octanol–water partition coefficient (Wildman–Crippen LogP) is 3.57. The standard InChI is InChI=1S/C14H24O2/c1-5-16-14(15)9-13-8-12(10(2)3)7-6-11(13)4/h6,10,12-13H,5,7-9H2,1-4H3/t12-,13+/m0/s1. The molecule has 1 aliphatic rings. The quantitative estimate of drug-likeness (QED) is 0.539. The molecule has 92 valence electrons. The molecule has 1 aliphatic carbocycles. The molecule has 2 heteroatoms. The summed E-state index contributed by atoms with van der Waals surface area (Å²) in [6.07, 6.45) is 5.17. The average molecular weight is 224 g/mol. The Hall–Kier alpha value is -0.790. The fourth-order valence-electron chi connectivity index (χ4n) is 2.36. The molecule has 0 radical (unpaired) electrons. The van der Waals surface area contributed by atoms with Gasteiger partial charge in [-0.15, -0.1) is 0 Å². The van der Waals surface area contributed by atoms with Gasteiger partial charge in [0.15, 0.2) is 0 Å². The van der Waals surface area contributed by atoms with Crippen LogP contribution in [0.25, 0.3) is 0 Å². The Morgan fingerprint density at radius 1 is 1.56 bits per heavy atom. The van der Waals surface area contributed by atoms with Crippen LogP contribution in [-0.2, 0) is 9.53 Å². The van der Waals surface area contributed by atoms with Crippen LogP contribution in [-0.4, -0.2) is 12.6 Å². The van der Waals surface area contributed by atoms with E-state index in [4.69, 9.17) is 4.74 Å². The molecule has 0 aromatic rings. The van der Waals surface area contributed by atoms with Gasteiger partial charge in [0.1, 0.15) is 0 Å². The summed E-state index contributed by atoms with van der Waals surface area (Å²) in [6.45, 7) is 9.02. The van der Waals surface area contributed by atoms with Gasteiger partial charge in [0.25, 0.3) is 0 Å². The first-order valence-corrected chi connectivity index (χ1v) is 6.36. The molecule has 0 fully saturated rings. The Balaban J connectivity index is 2.55. The van der Waals surface area contributed by atoms with Crippen molar-refractivity contribution in [1.29, 1.82) is 0 Å². The van der Waals surface area contributed by atoms with E-state index in [1.165, 1.54) is 12.0 Å². The topological polar surface area (TPSA) is 26.3 Å². The minimum absolute atomic E-state index is 0.0512. The molecule has 2 nitrogen and oxygen atoms in total. The second-order valence-electron chi connectivity index (χ2n) is 5.13. The van der Waals surface area contributed by atoms with Crippen molar-refractivity contribution in [2.24, 2.45) is 17.8 Å². The van der Waals surface area contributed by atoms with Gasteiger partial charge in [-0.1, -0.05) is 25.5 Å². The first-order valence-electron chi connectivity index (χ1n) is 6.36. The number of allylic oxidation sites excluding steroid dienone is 2. The van der Waals surface area contributed by atoms with Crippen LogP contribution in [0.3, 0.4) is 0 Å². The number of hydrogen-bond donors (Lipinski definition) is 0. The molecule has 0 spiro atoms. The van der Waals surface area contributed by atoms with Gasteiger partial charge in [0.05, 0.1) is 13.0 Å². The first-order chi connectivity index (χ1) is 7.54. The van der Waals surface area contributed by atoms with Crippen molar-refractivity contribution in [3.63, 3.8) is 0 Å². The highest BCUT2D eigenvalue weighted by atomic mass is 16.5. The molecule has 0 aromatic heterocycles. The summed E-state index contributed by atoms with van der Waals surface area (Å²) in [7, 11) is 0. The van der Waals surface area contributed by atoms with E-state index in [1.807, 2.05) is 6.92 Å². The van der Waals surface area contributed by atoms with Gasteiger partial charge < -0.3 is 4.74 Å². The van der Waals surface area contributed by atoms with Gasteiger partial charge in [-0.25, -0.2) is 0 Å². The maximum atomic E-state index is 11.5. The lowest BCUT2D eigenvalue weighted by molar-refractivity contribution is -0.144. The van der Waals surface area contributed by atoms with Gasteiger partial charge in [0, 0.05) is 0 Å². The number of rotatable bonds is 4. The zero-order chi connectivity index (χ0) is 12.1. The zero-order valence-electron chi connectivity index (χ0n) is 11.0. The fourth-order valence-corrected chi connectivity index (χ4v) is 2.36. The van der Waals surface area contributed by atoms with Gasteiger partial charge in [0.2, 0.25) is 0 Å². The number of esters is 1. The Bertz CT molecular complexity index is 266. The van der Waals surface area contributed by atoms with Gasteiger partial charge in [-0.05, 0) is 44.4 Å². The van der Waals surface area contributed by atoms with Crippen LogP contribution in [0.1, 0.15) is 47.0 Å². The van der Waals surface area contributed by atoms with E-state index in [0.29, 0.717) is 24.9 Å². The molecular weight excluding hydrogens is 200 g/mol. The molecule has 0 heterocycles. The lowest BCUT2D eigenvalue weighted by Crippen LogP contribution is -2.22. The maximum absolute atomic E-state index is 11.5. The number of carbonyl (C=O) groups is 1. The lowest BCUT2D eigenvalue weighted by Gasteiger charge is -2.30. The highest BCUT2D eigenvalue weighted by molar-refractivity contribution is 5.70. The van der Waals surface area contributed by atoms with Crippen molar-refractivity contribution < 1.29 is 9.53 Å². The molecular formula is C14H24O2. The van der Waals surface area contributed by atoms with Crippen molar-refractivity contribution in [3.8, 4) is 0 Å². The molecule has 0 saturated carbocycles. The SMILES string of the molecule is CCOC(=O)C[C@H]1C[C@@H](C(C)C)CC=C1C. The molecule has 0 unspecified atom stereocenters. The maximum Gasteiger partial charge on any atom is 0.306 e. The lowest BCUT2D eigenvalue weighted by atomic mass is 9.75. The summed E-state index contributed by atoms with van der Waals surface area (Å²) in [5.74, 6) is 1.78. The van der Waals surface area contributed by atoms with Crippen LogP contribution in [0.15, 0.2) is 11.6 Å². The van der Waals surface area contributed by atoms with Crippen molar-refractivity contribution in [1.82, 2.24) is 0 Å². The summed E-state index contributed by atoms with van der Waals surface area (Å²) in [5, 5.41) is 0. The highest BCUT2D eigenvalue weighted by Crippen LogP contribution is 2.35. The van der Waals surface area contributed by atoms with E-state index in [0.717, 1.165) is 12.3 Å². The first kappa shape index (κ1) is 13.3. The van der Waals surface area contributed by atoms with Crippen LogP contribution in [0.4, 0.5) is 0 Å². The van der Waals surface area contributed by atoms with Crippen molar-refractivity contribution in [3.05, 3.63) is 11.6 Å². The molecule has 0 bridgehead atoms. The van der Waals surface area contributed by atoms with E-state index in [1.54, 1.807) is 0 Å². The third kappa shape index (κ3) is 3.66. The third-order valence-electron chi connectivity index (χ3n) is 3.63. The molecule has 0 N–H and O–H groups in total. The molecule has 0 aliphatic heterocycles. The molecule has 16 heavy (non-hydrogen) atoms. The minimum Gasteiger partial charge on any atom is -0.466 e. The fraction of sp³-hybridized carbons (Fsp3) is 0.786. The average Bonchev–Trinajstić information content (AvgIpc) is 2.21. The Morgan fingerprint density at radius 2 is 2.25 bits per heavy atom. The molecule has 0 amide bonds. The minimum atomic E-state index is -0.0512. The van der Waals surface area contributed by atoms with E-state index >= 15 is 0 Å².